The molecular formula is C12H17NO2S. The molecule has 0 aliphatic carbocycles. The van der Waals surface area contributed by atoms with Gasteiger partial charge in [-0.05, 0) is 39.2 Å². The zero-order chi connectivity index (χ0) is 12.0. The predicted octanol–water partition coefficient (Wildman–Crippen LogP) is 2.39. The number of ether oxygens (including phenoxy) is 1. The van der Waals surface area contributed by atoms with Gasteiger partial charge in [0, 0.05) is 22.4 Å². The summed E-state index contributed by atoms with van der Waals surface area (Å²) in [6.45, 7) is 3.14. The lowest BCUT2D eigenvalue weighted by Crippen LogP contribution is -2.09. The van der Waals surface area contributed by atoms with Crippen molar-refractivity contribution in [3.63, 3.8) is 0 Å². The summed E-state index contributed by atoms with van der Waals surface area (Å²) in [4.78, 5) is 15.6. The van der Waals surface area contributed by atoms with Crippen molar-refractivity contribution < 1.29 is 9.53 Å². The van der Waals surface area contributed by atoms with Crippen molar-refractivity contribution >= 4 is 23.4 Å². The van der Waals surface area contributed by atoms with E-state index in [0.29, 0.717) is 6.61 Å². The molecule has 1 rings (SSSR count). The van der Waals surface area contributed by atoms with Crippen LogP contribution >= 0.6 is 11.3 Å². The highest BCUT2D eigenvalue weighted by Gasteiger charge is 2.00. The van der Waals surface area contributed by atoms with Crippen molar-refractivity contribution in [3.05, 3.63) is 28.0 Å². The van der Waals surface area contributed by atoms with E-state index in [1.54, 1.807) is 24.3 Å². The second-order valence-corrected chi connectivity index (χ2v) is 4.83. The highest BCUT2D eigenvalue weighted by Crippen LogP contribution is 2.18. The fourth-order valence-corrected chi connectivity index (χ4v) is 2.26. The molecule has 0 unspecified atom stereocenters. The van der Waals surface area contributed by atoms with Gasteiger partial charge in [0.2, 0.25) is 0 Å². The third kappa shape index (κ3) is 4.59. The fraction of sp³-hybridized carbons (Fsp3) is 0.417. The maximum absolute atomic E-state index is 11.1. The highest BCUT2D eigenvalue weighted by atomic mass is 32.1. The van der Waals surface area contributed by atoms with Crippen LogP contribution in [-0.4, -0.2) is 31.6 Å². The number of esters is 1. The molecule has 16 heavy (non-hydrogen) atoms. The Morgan fingerprint density at radius 3 is 2.88 bits per heavy atom. The van der Waals surface area contributed by atoms with Gasteiger partial charge in [-0.3, -0.25) is 0 Å². The van der Waals surface area contributed by atoms with Crippen LogP contribution in [0, 0.1) is 0 Å². The van der Waals surface area contributed by atoms with Crippen molar-refractivity contribution in [2.45, 2.75) is 13.5 Å². The molecule has 0 aromatic carbocycles. The molecule has 0 fully saturated rings. The van der Waals surface area contributed by atoms with Gasteiger partial charge in [0.05, 0.1) is 6.61 Å². The summed E-state index contributed by atoms with van der Waals surface area (Å²) in [6.07, 6.45) is 3.26. The zero-order valence-electron chi connectivity index (χ0n) is 9.90. The van der Waals surface area contributed by atoms with Crippen molar-refractivity contribution in [1.29, 1.82) is 0 Å². The minimum atomic E-state index is -0.287. The monoisotopic (exact) mass is 239 g/mol. The molecule has 0 atom stereocenters. The van der Waals surface area contributed by atoms with Gasteiger partial charge in [-0.2, -0.15) is 0 Å². The molecule has 0 saturated heterocycles. The van der Waals surface area contributed by atoms with Crippen LogP contribution in [0.3, 0.4) is 0 Å². The first-order valence-electron chi connectivity index (χ1n) is 5.20. The van der Waals surface area contributed by atoms with Crippen molar-refractivity contribution in [2.75, 3.05) is 20.7 Å². The van der Waals surface area contributed by atoms with Crippen LogP contribution in [-0.2, 0) is 16.1 Å². The van der Waals surface area contributed by atoms with E-state index in [-0.39, 0.29) is 5.97 Å². The smallest absolute Gasteiger partial charge is 0.330 e. The summed E-state index contributed by atoms with van der Waals surface area (Å²) in [7, 11) is 4.07. The van der Waals surface area contributed by atoms with Crippen LogP contribution in [0.4, 0.5) is 0 Å². The topological polar surface area (TPSA) is 29.5 Å². The van der Waals surface area contributed by atoms with Gasteiger partial charge in [-0.25, -0.2) is 4.79 Å². The van der Waals surface area contributed by atoms with Crippen LogP contribution < -0.4 is 0 Å². The molecule has 0 radical (unpaired) electrons. The largest absolute Gasteiger partial charge is 0.463 e. The quantitative estimate of drug-likeness (QED) is 0.583. The summed E-state index contributed by atoms with van der Waals surface area (Å²) in [6, 6.07) is 4.09. The maximum Gasteiger partial charge on any atom is 0.330 e. The fourth-order valence-electron chi connectivity index (χ4n) is 1.22. The van der Waals surface area contributed by atoms with Crippen molar-refractivity contribution in [1.82, 2.24) is 4.90 Å². The molecule has 1 heterocycles. The first-order valence-corrected chi connectivity index (χ1v) is 6.01. The third-order valence-electron chi connectivity index (χ3n) is 1.82. The zero-order valence-corrected chi connectivity index (χ0v) is 10.7. The lowest BCUT2D eigenvalue weighted by atomic mass is 10.4. The molecule has 3 nitrogen and oxygen atoms in total. The summed E-state index contributed by atoms with van der Waals surface area (Å²) < 4.78 is 4.81. The Labute approximate surface area is 100 Å². The van der Waals surface area contributed by atoms with Gasteiger partial charge in [0.25, 0.3) is 0 Å². The van der Waals surface area contributed by atoms with E-state index in [9.17, 15) is 4.79 Å². The second kappa shape index (κ2) is 6.45. The third-order valence-corrected chi connectivity index (χ3v) is 2.86. The van der Waals surface area contributed by atoms with E-state index >= 15 is 0 Å². The van der Waals surface area contributed by atoms with Crippen LogP contribution in [0.2, 0.25) is 0 Å². The van der Waals surface area contributed by atoms with Gasteiger partial charge in [0.15, 0.2) is 0 Å². The second-order valence-electron chi connectivity index (χ2n) is 3.63. The Morgan fingerprint density at radius 2 is 2.25 bits per heavy atom. The molecule has 0 aliphatic heterocycles. The van der Waals surface area contributed by atoms with E-state index < -0.39 is 0 Å². The van der Waals surface area contributed by atoms with Crippen LogP contribution in [0.1, 0.15) is 16.7 Å². The number of carbonyl (C=O) groups is 1. The Bertz CT molecular complexity index is 369. The molecule has 4 heteroatoms. The van der Waals surface area contributed by atoms with Crippen LogP contribution in [0.15, 0.2) is 18.2 Å². The van der Waals surface area contributed by atoms with E-state index in [2.05, 4.69) is 11.0 Å². The Kier molecular flexibility index (Phi) is 5.22. The molecule has 0 spiro atoms. The SMILES string of the molecule is CCOC(=O)C=Cc1ccc(CN(C)C)s1. The molecule has 0 amide bonds. The predicted molar refractivity (Wildman–Crippen MR) is 67.4 cm³/mol. The summed E-state index contributed by atoms with van der Waals surface area (Å²) in [5.74, 6) is -0.287. The van der Waals surface area contributed by atoms with E-state index in [0.717, 1.165) is 11.4 Å². The number of nitrogens with zero attached hydrogens (tertiary/aromatic N) is 1. The first kappa shape index (κ1) is 12.9. The standard InChI is InChI=1S/C12H17NO2S/c1-4-15-12(14)8-7-10-5-6-11(16-10)9-13(2)3/h5-8H,4,9H2,1-3H3. The summed E-state index contributed by atoms with van der Waals surface area (Å²) >= 11 is 1.69. The normalized spacial score (nSPS) is 11.2. The molecule has 0 aliphatic rings. The number of hydrogen-bond donors (Lipinski definition) is 0. The maximum atomic E-state index is 11.1. The number of rotatable bonds is 5. The molecular weight excluding hydrogens is 222 g/mol. The average Bonchev–Trinajstić information content (AvgIpc) is 2.62. The van der Waals surface area contributed by atoms with Crippen LogP contribution in [0.5, 0.6) is 0 Å². The molecule has 1 aromatic heterocycles. The molecule has 0 bridgehead atoms. The van der Waals surface area contributed by atoms with Gasteiger partial charge in [-0.15, -0.1) is 11.3 Å². The average molecular weight is 239 g/mol. The highest BCUT2D eigenvalue weighted by molar-refractivity contribution is 7.12. The molecule has 1 aromatic rings. The van der Waals surface area contributed by atoms with Gasteiger partial charge < -0.3 is 9.64 Å². The molecule has 88 valence electrons. The number of hydrogen-bond acceptors (Lipinski definition) is 4. The van der Waals surface area contributed by atoms with E-state index in [1.165, 1.54) is 11.0 Å². The minimum absolute atomic E-state index is 0.287. The lowest BCUT2D eigenvalue weighted by molar-refractivity contribution is -0.137. The van der Waals surface area contributed by atoms with Gasteiger partial charge in [0.1, 0.15) is 0 Å². The van der Waals surface area contributed by atoms with Gasteiger partial charge >= 0.3 is 5.97 Å². The van der Waals surface area contributed by atoms with E-state index in [4.69, 9.17) is 4.74 Å². The Balaban J connectivity index is 2.54. The lowest BCUT2D eigenvalue weighted by Gasteiger charge is -2.05. The summed E-state index contributed by atoms with van der Waals surface area (Å²) in [5.41, 5.74) is 0. The van der Waals surface area contributed by atoms with Crippen molar-refractivity contribution in [3.8, 4) is 0 Å². The van der Waals surface area contributed by atoms with Gasteiger partial charge in [-0.1, -0.05) is 0 Å². The molecule has 0 saturated carbocycles. The Morgan fingerprint density at radius 1 is 1.50 bits per heavy atom. The van der Waals surface area contributed by atoms with Crippen LogP contribution in [0.25, 0.3) is 6.08 Å². The first-order chi connectivity index (χ1) is 7.61. The molecule has 0 N–H and O–H groups in total. The van der Waals surface area contributed by atoms with E-state index in [1.807, 2.05) is 20.2 Å². The van der Waals surface area contributed by atoms with Crippen molar-refractivity contribution in [2.24, 2.45) is 0 Å². The number of thiophene rings is 1. The summed E-state index contributed by atoms with van der Waals surface area (Å²) in [5, 5.41) is 0. The minimum Gasteiger partial charge on any atom is -0.463 e. The Hall–Kier alpha value is -1.13. The number of carbonyl (C=O) groups excluding carboxylic acids is 1.